The topological polar surface area (TPSA) is 96.9 Å². The third-order valence-corrected chi connectivity index (χ3v) is 5.77. The molecule has 0 aliphatic carbocycles. The van der Waals surface area contributed by atoms with E-state index in [2.05, 4.69) is 0 Å². The highest BCUT2D eigenvalue weighted by Crippen LogP contribution is 2.39. The molecule has 1 aromatic heterocycles. The van der Waals surface area contributed by atoms with Crippen molar-refractivity contribution in [3.8, 4) is 0 Å². The molecule has 1 atom stereocenters. The number of aryl methyl sites for hydroxylation is 2. The van der Waals surface area contributed by atoms with E-state index in [1.54, 1.807) is 29.2 Å². The van der Waals surface area contributed by atoms with Gasteiger partial charge in [-0.2, -0.15) is 0 Å². The highest BCUT2D eigenvalue weighted by Gasteiger charge is 2.42. The van der Waals surface area contributed by atoms with Crippen LogP contribution < -0.4 is 5.43 Å². The monoisotopic (exact) mass is 421 g/mol. The second-order valence-corrected chi connectivity index (χ2v) is 8.16. The van der Waals surface area contributed by atoms with Crippen molar-refractivity contribution in [2.45, 2.75) is 19.9 Å². The van der Waals surface area contributed by atoms with Crippen LogP contribution in [0.4, 0.5) is 5.69 Å². The Labute approximate surface area is 178 Å². The van der Waals surface area contributed by atoms with Gasteiger partial charge in [0.1, 0.15) is 5.58 Å². The minimum absolute atomic E-state index is 0.0102. The van der Waals surface area contributed by atoms with Gasteiger partial charge in [0.15, 0.2) is 5.43 Å². The molecule has 160 valence electrons. The summed E-state index contributed by atoms with van der Waals surface area (Å²) in [5, 5.41) is 11.7. The number of carbonyl (C=O) groups excluding carboxylic acids is 1. The van der Waals surface area contributed by atoms with E-state index in [1.165, 1.54) is 12.1 Å². The van der Waals surface area contributed by atoms with Gasteiger partial charge in [-0.25, -0.2) is 0 Å². The van der Waals surface area contributed by atoms with Crippen LogP contribution in [-0.4, -0.2) is 47.8 Å². The zero-order valence-electron chi connectivity index (χ0n) is 17.8. The molecule has 0 saturated heterocycles. The van der Waals surface area contributed by atoms with Crippen LogP contribution in [0, 0.1) is 24.0 Å². The summed E-state index contributed by atoms with van der Waals surface area (Å²) in [6.45, 7) is 4.74. The maximum Gasteiger partial charge on any atom is 0.290 e. The number of likely N-dealkylation sites (N-methyl/N-ethyl adjacent to an activating group) is 1. The third-order valence-electron chi connectivity index (χ3n) is 5.77. The van der Waals surface area contributed by atoms with Crippen LogP contribution in [0.25, 0.3) is 11.0 Å². The summed E-state index contributed by atoms with van der Waals surface area (Å²) in [6.07, 6.45) is 0. The molecule has 0 radical (unpaired) electrons. The summed E-state index contributed by atoms with van der Waals surface area (Å²) in [4.78, 5) is 41.2. The van der Waals surface area contributed by atoms with Gasteiger partial charge in [-0.1, -0.05) is 12.1 Å². The number of non-ortho nitro benzene ring substituents is 1. The van der Waals surface area contributed by atoms with Crippen molar-refractivity contribution in [1.82, 2.24) is 9.80 Å². The molecule has 31 heavy (non-hydrogen) atoms. The second kappa shape index (κ2) is 7.63. The van der Waals surface area contributed by atoms with Gasteiger partial charge in [0.25, 0.3) is 11.6 Å². The van der Waals surface area contributed by atoms with E-state index in [0.717, 1.165) is 11.1 Å². The lowest BCUT2D eigenvalue weighted by Gasteiger charge is -2.26. The van der Waals surface area contributed by atoms with Gasteiger partial charge in [-0.3, -0.25) is 19.7 Å². The maximum atomic E-state index is 13.5. The fourth-order valence-corrected chi connectivity index (χ4v) is 3.97. The van der Waals surface area contributed by atoms with Gasteiger partial charge in [0.05, 0.1) is 21.9 Å². The Bertz CT molecular complexity index is 1280. The number of carbonyl (C=O) groups is 1. The molecular weight excluding hydrogens is 398 g/mol. The first kappa shape index (κ1) is 20.7. The van der Waals surface area contributed by atoms with Crippen molar-refractivity contribution in [3.63, 3.8) is 0 Å². The zero-order valence-corrected chi connectivity index (χ0v) is 17.8. The number of nitrogens with zero attached hydrogens (tertiary/aromatic N) is 3. The molecular formula is C23H23N3O5. The largest absolute Gasteiger partial charge is 0.450 e. The molecule has 1 aliphatic heterocycles. The highest BCUT2D eigenvalue weighted by atomic mass is 16.6. The molecule has 1 unspecified atom stereocenters. The SMILES string of the molecule is Cc1cc2oc3c(c(=O)c2cc1C)C(c1cccc([N+](=O)[O-])c1)N(CCN(C)C)C3=O. The van der Waals surface area contributed by atoms with Gasteiger partial charge >= 0.3 is 0 Å². The minimum atomic E-state index is -0.746. The maximum absolute atomic E-state index is 13.5. The summed E-state index contributed by atoms with van der Waals surface area (Å²) in [6, 6.07) is 8.87. The van der Waals surface area contributed by atoms with Gasteiger partial charge in [-0.05, 0) is 56.8 Å². The lowest BCUT2D eigenvalue weighted by Crippen LogP contribution is -2.35. The Kier molecular flexibility index (Phi) is 5.10. The van der Waals surface area contributed by atoms with E-state index in [0.29, 0.717) is 29.6 Å². The van der Waals surface area contributed by atoms with Crippen LogP contribution in [0.3, 0.4) is 0 Å². The molecule has 3 aromatic rings. The smallest absolute Gasteiger partial charge is 0.290 e. The molecule has 8 heteroatoms. The molecule has 0 saturated carbocycles. The zero-order chi connectivity index (χ0) is 22.4. The summed E-state index contributed by atoms with van der Waals surface area (Å²) >= 11 is 0. The molecule has 1 aliphatic rings. The Morgan fingerprint density at radius 3 is 2.52 bits per heavy atom. The van der Waals surface area contributed by atoms with Crippen molar-refractivity contribution in [2.75, 3.05) is 27.2 Å². The number of fused-ring (bicyclic) bond motifs is 2. The van der Waals surface area contributed by atoms with Gasteiger partial charge in [-0.15, -0.1) is 0 Å². The number of amides is 1. The Balaban J connectivity index is 1.97. The average molecular weight is 421 g/mol. The van der Waals surface area contributed by atoms with Crippen LogP contribution in [0.2, 0.25) is 0 Å². The lowest BCUT2D eigenvalue weighted by atomic mass is 9.97. The number of benzene rings is 2. The van der Waals surface area contributed by atoms with E-state index in [-0.39, 0.29) is 28.3 Å². The Morgan fingerprint density at radius 2 is 1.84 bits per heavy atom. The quantitative estimate of drug-likeness (QED) is 0.463. The van der Waals surface area contributed by atoms with E-state index in [1.807, 2.05) is 32.8 Å². The molecule has 4 rings (SSSR count). The number of hydrogen-bond acceptors (Lipinski definition) is 6. The first-order chi connectivity index (χ1) is 14.7. The van der Waals surface area contributed by atoms with E-state index < -0.39 is 11.0 Å². The Hall–Kier alpha value is -3.52. The first-order valence-corrected chi connectivity index (χ1v) is 9.97. The average Bonchev–Trinajstić information content (AvgIpc) is 3.00. The summed E-state index contributed by atoms with van der Waals surface area (Å²) in [5.74, 6) is -0.374. The van der Waals surface area contributed by atoms with Gasteiger partial charge < -0.3 is 14.2 Å². The van der Waals surface area contributed by atoms with E-state index in [4.69, 9.17) is 4.42 Å². The van der Waals surface area contributed by atoms with Crippen molar-refractivity contribution in [2.24, 2.45) is 0 Å². The van der Waals surface area contributed by atoms with Crippen molar-refractivity contribution in [1.29, 1.82) is 0 Å². The third kappa shape index (κ3) is 3.48. The number of nitro groups is 1. The minimum Gasteiger partial charge on any atom is -0.450 e. The highest BCUT2D eigenvalue weighted by molar-refractivity contribution is 5.99. The molecule has 8 nitrogen and oxygen atoms in total. The van der Waals surface area contributed by atoms with Crippen LogP contribution in [0.5, 0.6) is 0 Å². The fourth-order valence-electron chi connectivity index (χ4n) is 3.97. The van der Waals surface area contributed by atoms with Crippen LogP contribution in [0.15, 0.2) is 45.6 Å². The molecule has 0 N–H and O–H groups in total. The van der Waals surface area contributed by atoms with E-state index in [9.17, 15) is 19.7 Å². The molecule has 0 bridgehead atoms. The lowest BCUT2D eigenvalue weighted by molar-refractivity contribution is -0.384. The fraction of sp³-hybridized carbons (Fsp3) is 0.304. The van der Waals surface area contributed by atoms with Crippen molar-refractivity contribution >= 4 is 22.6 Å². The van der Waals surface area contributed by atoms with Gasteiger partial charge in [0, 0.05) is 25.2 Å². The predicted octanol–water partition coefficient (Wildman–Crippen LogP) is 3.42. The predicted molar refractivity (Wildman–Crippen MR) is 116 cm³/mol. The van der Waals surface area contributed by atoms with Crippen molar-refractivity contribution in [3.05, 3.63) is 84.7 Å². The van der Waals surface area contributed by atoms with E-state index >= 15 is 0 Å². The molecule has 2 heterocycles. The number of rotatable bonds is 5. The first-order valence-electron chi connectivity index (χ1n) is 9.97. The van der Waals surface area contributed by atoms with Crippen LogP contribution in [-0.2, 0) is 0 Å². The molecule has 0 spiro atoms. The number of hydrogen-bond donors (Lipinski definition) is 0. The van der Waals surface area contributed by atoms with Crippen molar-refractivity contribution < 1.29 is 14.1 Å². The summed E-state index contributed by atoms with van der Waals surface area (Å²) in [7, 11) is 3.78. The molecule has 1 amide bonds. The van der Waals surface area contributed by atoms with Crippen LogP contribution >= 0.6 is 0 Å². The standard InChI is InChI=1S/C23H23N3O5/c1-13-10-17-18(11-14(13)2)31-22-19(21(17)27)20(25(23(22)28)9-8-24(3)4)15-6-5-7-16(12-15)26(29)30/h5-7,10-12,20H,8-9H2,1-4H3. The Morgan fingerprint density at radius 1 is 1.13 bits per heavy atom. The molecule has 2 aromatic carbocycles. The number of nitro benzene ring substituents is 1. The van der Waals surface area contributed by atoms with Gasteiger partial charge in [0.2, 0.25) is 5.76 Å². The normalized spacial score (nSPS) is 15.7. The van der Waals surface area contributed by atoms with Crippen LogP contribution in [0.1, 0.15) is 38.9 Å². The second-order valence-electron chi connectivity index (χ2n) is 8.16. The molecule has 0 fully saturated rings. The summed E-state index contributed by atoms with van der Waals surface area (Å²) in [5.41, 5.74) is 2.64. The summed E-state index contributed by atoms with van der Waals surface area (Å²) < 4.78 is 5.96.